The first-order chi connectivity index (χ1) is 18.6. The average molecular weight is 571 g/mol. The van der Waals surface area contributed by atoms with E-state index < -0.39 is 40.5 Å². The van der Waals surface area contributed by atoms with E-state index in [1.165, 1.54) is 4.90 Å². The van der Waals surface area contributed by atoms with Gasteiger partial charge in [-0.1, -0.05) is 18.2 Å². The highest BCUT2D eigenvalue weighted by molar-refractivity contribution is 5.98. The molecule has 218 valence electrons. The third kappa shape index (κ3) is 6.06. The molecule has 2 aromatic rings. The number of likely N-dealkylation sites (tertiary alicyclic amines) is 1. The predicted octanol–water partition coefficient (Wildman–Crippen LogP) is 5.90. The summed E-state index contributed by atoms with van der Waals surface area (Å²) >= 11 is 0. The van der Waals surface area contributed by atoms with E-state index in [4.69, 9.17) is 0 Å². The van der Waals surface area contributed by atoms with E-state index in [0.29, 0.717) is 38.1 Å². The Hall–Kier alpha value is -3.28. The maximum atomic E-state index is 13.7. The van der Waals surface area contributed by atoms with E-state index in [2.05, 4.69) is 0 Å². The van der Waals surface area contributed by atoms with Crippen molar-refractivity contribution in [1.82, 2.24) is 14.7 Å². The summed E-state index contributed by atoms with van der Waals surface area (Å²) in [6.07, 6.45) is -8.67. The highest BCUT2D eigenvalue weighted by Gasteiger charge is 2.52. The van der Waals surface area contributed by atoms with E-state index in [0.717, 1.165) is 24.2 Å². The molecule has 0 bridgehead atoms. The molecule has 4 rings (SSSR count). The fourth-order valence-corrected chi connectivity index (χ4v) is 5.53. The first-order valence-electron chi connectivity index (χ1n) is 13.0. The van der Waals surface area contributed by atoms with Gasteiger partial charge < -0.3 is 14.7 Å². The number of urea groups is 1. The van der Waals surface area contributed by atoms with Crippen LogP contribution >= 0.6 is 0 Å². The van der Waals surface area contributed by atoms with Crippen LogP contribution in [0, 0.1) is 6.92 Å². The quantitative estimate of drug-likeness (QED) is 0.407. The third-order valence-electron chi connectivity index (χ3n) is 7.63. The normalized spacial score (nSPS) is 17.9. The Kier molecular flexibility index (Phi) is 8.13. The lowest BCUT2D eigenvalue weighted by atomic mass is 9.85. The van der Waals surface area contributed by atoms with Crippen molar-refractivity contribution >= 4 is 17.6 Å². The molecule has 2 saturated heterocycles. The summed E-state index contributed by atoms with van der Waals surface area (Å²) in [5.41, 5.74) is -2.74. The van der Waals surface area contributed by atoms with E-state index in [1.807, 2.05) is 50.2 Å². The first-order valence-corrected chi connectivity index (χ1v) is 13.0. The molecule has 2 aliphatic rings. The average Bonchev–Trinajstić information content (AvgIpc) is 3.13. The molecule has 0 N–H and O–H groups in total. The summed E-state index contributed by atoms with van der Waals surface area (Å²) < 4.78 is 80.1. The van der Waals surface area contributed by atoms with Crippen LogP contribution in [0.5, 0.6) is 0 Å². The van der Waals surface area contributed by atoms with Gasteiger partial charge in [-0.3, -0.25) is 9.69 Å². The lowest BCUT2D eigenvalue weighted by Crippen LogP contribution is -2.56. The Morgan fingerprint density at radius 1 is 0.950 bits per heavy atom. The Morgan fingerprint density at radius 2 is 1.52 bits per heavy atom. The van der Waals surface area contributed by atoms with Crippen molar-refractivity contribution in [1.29, 1.82) is 0 Å². The van der Waals surface area contributed by atoms with Gasteiger partial charge in [0.05, 0.1) is 16.7 Å². The molecule has 0 atom stereocenters. The van der Waals surface area contributed by atoms with Crippen LogP contribution in [0.4, 0.5) is 36.8 Å². The largest absolute Gasteiger partial charge is 0.416 e. The summed E-state index contributed by atoms with van der Waals surface area (Å²) in [5, 5.41) is 0. The van der Waals surface area contributed by atoms with Gasteiger partial charge >= 0.3 is 18.4 Å². The highest BCUT2D eigenvalue weighted by Crippen LogP contribution is 2.42. The van der Waals surface area contributed by atoms with E-state index >= 15 is 0 Å². The zero-order valence-corrected chi connectivity index (χ0v) is 22.6. The van der Waals surface area contributed by atoms with Crippen LogP contribution in [0.1, 0.15) is 46.3 Å². The minimum atomic E-state index is -5.05. The zero-order valence-electron chi connectivity index (χ0n) is 22.6. The number of amides is 3. The van der Waals surface area contributed by atoms with Crippen LogP contribution in [0.25, 0.3) is 0 Å². The lowest BCUT2D eigenvalue weighted by molar-refractivity contribution is -0.143. The molecular formula is C28H32F6N4O2. The lowest BCUT2D eigenvalue weighted by Gasteiger charge is -2.44. The molecule has 0 radical (unpaired) electrons. The second-order valence-electron chi connectivity index (χ2n) is 10.8. The standard InChI is InChI=1S/C28H32F6N4O2/c1-19-7-4-5-8-23(19)38-25(40)37(12-6-11-35(2)3)18-26(38)9-13-36(14-10-26)24(39)20-15-21(27(29,30)31)17-22(16-20)28(32,33)34/h4-5,7-8,15-17H,6,9-14,18H2,1-3H3. The van der Waals surface area contributed by atoms with Gasteiger partial charge in [0.15, 0.2) is 0 Å². The van der Waals surface area contributed by atoms with Crippen LogP contribution in [0.15, 0.2) is 42.5 Å². The van der Waals surface area contributed by atoms with Gasteiger partial charge in [-0.05, 0) is 76.7 Å². The topological polar surface area (TPSA) is 47.1 Å². The Balaban J connectivity index is 1.59. The SMILES string of the molecule is Cc1ccccc1N1C(=O)N(CCCN(C)C)CC12CCN(C(=O)c1cc(C(F)(F)F)cc(C(F)(F)F)c1)CC2. The molecule has 2 heterocycles. The molecule has 2 fully saturated rings. The minimum Gasteiger partial charge on any atom is -0.338 e. The number of para-hydroxylation sites is 1. The minimum absolute atomic E-state index is 0.0110. The molecule has 2 aromatic carbocycles. The Labute approximate surface area is 229 Å². The first kappa shape index (κ1) is 29.7. The highest BCUT2D eigenvalue weighted by atomic mass is 19.4. The predicted molar refractivity (Wildman–Crippen MR) is 138 cm³/mol. The maximum absolute atomic E-state index is 13.7. The number of aryl methyl sites for hydroxylation is 1. The molecule has 12 heteroatoms. The summed E-state index contributed by atoms with van der Waals surface area (Å²) in [6, 6.07) is 8.25. The van der Waals surface area contributed by atoms with Crippen LogP contribution in [0.2, 0.25) is 0 Å². The number of alkyl halides is 6. The summed E-state index contributed by atoms with van der Waals surface area (Å²) in [4.78, 5) is 33.7. The van der Waals surface area contributed by atoms with Crippen LogP contribution in [0.3, 0.4) is 0 Å². The number of hydrogen-bond acceptors (Lipinski definition) is 3. The number of carbonyl (C=O) groups is 2. The number of anilines is 1. The van der Waals surface area contributed by atoms with Crippen molar-refractivity contribution in [3.63, 3.8) is 0 Å². The van der Waals surface area contributed by atoms with Gasteiger partial charge in [0.2, 0.25) is 0 Å². The van der Waals surface area contributed by atoms with Crippen molar-refractivity contribution < 1.29 is 35.9 Å². The fourth-order valence-electron chi connectivity index (χ4n) is 5.53. The van der Waals surface area contributed by atoms with Crippen molar-refractivity contribution in [2.24, 2.45) is 0 Å². The summed E-state index contributed by atoms with van der Waals surface area (Å²) in [6.45, 7) is 3.80. The fraction of sp³-hybridized carbons (Fsp3) is 0.500. The third-order valence-corrected chi connectivity index (χ3v) is 7.63. The van der Waals surface area contributed by atoms with Gasteiger partial charge in [0.1, 0.15) is 0 Å². The van der Waals surface area contributed by atoms with Crippen molar-refractivity contribution in [2.75, 3.05) is 51.7 Å². The second kappa shape index (κ2) is 10.9. The molecule has 0 unspecified atom stereocenters. The zero-order chi connectivity index (χ0) is 29.5. The number of rotatable bonds is 6. The number of hydrogen-bond donors (Lipinski definition) is 0. The Bertz CT molecular complexity index is 1220. The van der Waals surface area contributed by atoms with Crippen molar-refractivity contribution in [3.8, 4) is 0 Å². The van der Waals surface area contributed by atoms with Gasteiger partial charge in [0, 0.05) is 37.4 Å². The molecule has 6 nitrogen and oxygen atoms in total. The van der Waals surface area contributed by atoms with E-state index in [1.54, 1.807) is 9.80 Å². The molecule has 0 aromatic heterocycles. The second-order valence-corrected chi connectivity index (χ2v) is 10.8. The number of benzene rings is 2. The van der Waals surface area contributed by atoms with Crippen LogP contribution in [-0.4, -0.2) is 79.0 Å². The van der Waals surface area contributed by atoms with E-state index in [9.17, 15) is 35.9 Å². The summed E-state index contributed by atoms with van der Waals surface area (Å²) in [5.74, 6) is -0.902. The maximum Gasteiger partial charge on any atom is 0.416 e. The number of carbonyl (C=O) groups excluding carboxylic acids is 2. The molecule has 2 aliphatic heterocycles. The van der Waals surface area contributed by atoms with Crippen LogP contribution in [-0.2, 0) is 12.4 Å². The Morgan fingerprint density at radius 3 is 2.05 bits per heavy atom. The van der Waals surface area contributed by atoms with E-state index in [-0.39, 0.29) is 25.2 Å². The van der Waals surface area contributed by atoms with Gasteiger partial charge in [-0.25, -0.2) is 4.79 Å². The number of piperidine rings is 1. The molecule has 0 saturated carbocycles. The van der Waals surface area contributed by atoms with Gasteiger partial charge in [0.25, 0.3) is 5.91 Å². The van der Waals surface area contributed by atoms with Gasteiger partial charge in [-0.2, -0.15) is 26.3 Å². The molecule has 40 heavy (non-hydrogen) atoms. The molecule has 0 aliphatic carbocycles. The summed E-state index contributed by atoms with van der Waals surface area (Å²) in [7, 11) is 3.89. The van der Waals surface area contributed by atoms with Crippen molar-refractivity contribution in [2.45, 2.75) is 44.1 Å². The number of halogens is 6. The monoisotopic (exact) mass is 570 g/mol. The van der Waals surface area contributed by atoms with Gasteiger partial charge in [-0.15, -0.1) is 0 Å². The molecular weight excluding hydrogens is 538 g/mol. The molecule has 3 amide bonds. The molecule has 1 spiro atoms. The smallest absolute Gasteiger partial charge is 0.338 e. The number of nitrogens with zero attached hydrogens (tertiary/aromatic N) is 4. The van der Waals surface area contributed by atoms with Crippen LogP contribution < -0.4 is 4.90 Å². The van der Waals surface area contributed by atoms with Crippen molar-refractivity contribution in [3.05, 3.63) is 64.7 Å².